The fraction of sp³-hybridized carbons (Fsp3) is 0.417. The fourth-order valence-corrected chi connectivity index (χ4v) is 2.31. The molecule has 4 nitrogen and oxygen atoms in total. The molecule has 3 rings (SSSR count). The van der Waals surface area contributed by atoms with Gasteiger partial charge in [0.1, 0.15) is 5.82 Å². The molecule has 5 heteroatoms. The lowest BCUT2D eigenvalue weighted by Crippen LogP contribution is -2.04. The first-order valence-electron chi connectivity index (χ1n) is 5.79. The second-order valence-electron chi connectivity index (χ2n) is 4.55. The first kappa shape index (κ1) is 10.7. The Morgan fingerprint density at radius 3 is 2.76 bits per heavy atom. The van der Waals surface area contributed by atoms with Gasteiger partial charge in [0.2, 0.25) is 0 Å². The highest BCUT2D eigenvalue weighted by Gasteiger charge is 2.29. The average molecular weight is 246 g/mol. The molecule has 17 heavy (non-hydrogen) atoms. The van der Waals surface area contributed by atoms with Gasteiger partial charge in [-0.25, -0.2) is 0 Å². The van der Waals surface area contributed by atoms with E-state index < -0.39 is 0 Å². The fourth-order valence-electron chi connectivity index (χ4n) is 2.07. The predicted octanol–water partition coefficient (Wildman–Crippen LogP) is 2.82. The second-order valence-corrected chi connectivity index (χ2v) is 4.94. The van der Waals surface area contributed by atoms with Gasteiger partial charge in [-0.2, -0.15) is 5.10 Å². The van der Waals surface area contributed by atoms with Crippen molar-refractivity contribution in [1.82, 2.24) is 19.7 Å². The molecule has 2 aromatic heterocycles. The van der Waals surface area contributed by atoms with E-state index in [9.17, 15) is 0 Å². The third-order valence-electron chi connectivity index (χ3n) is 3.08. The highest BCUT2D eigenvalue weighted by atomic mass is 32.1. The van der Waals surface area contributed by atoms with Crippen molar-refractivity contribution < 1.29 is 0 Å². The highest BCUT2D eigenvalue weighted by molar-refractivity contribution is 7.71. The monoisotopic (exact) mass is 246 g/mol. The zero-order valence-corrected chi connectivity index (χ0v) is 10.7. The van der Waals surface area contributed by atoms with Crippen molar-refractivity contribution in [2.75, 3.05) is 0 Å². The summed E-state index contributed by atoms with van der Waals surface area (Å²) in [4.78, 5) is 4.48. The SMILES string of the molecule is Cc1ccc(-n2c(C3CC3)n[nH]c2=S)c(C)n1. The van der Waals surface area contributed by atoms with E-state index in [1.165, 1.54) is 12.8 Å². The number of nitrogens with one attached hydrogen (secondary N) is 1. The Balaban J connectivity index is 2.20. The van der Waals surface area contributed by atoms with Crippen LogP contribution in [0.4, 0.5) is 0 Å². The van der Waals surface area contributed by atoms with Crippen LogP contribution < -0.4 is 0 Å². The van der Waals surface area contributed by atoms with Gasteiger partial charge in [0.15, 0.2) is 4.77 Å². The number of rotatable bonds is 2. The molecule has 0 unspecified atom stereocenters. The molecule has 0 atom stereocenters. The van der Waals surface area contributed by atoms with Gasteiger partial charge in [-0.05, 0) is 51.0 Å². The Morgan fingerprint density at radius 1 is 1.35 bits per heavy atom. The molecule has 0 aromatic carbocycles. The van der Waals surface area contributed by atoms with Crippen molar-refractivity contribution in [1.29, 1.82) is 0 Å². The van der Waals surface area contributed by atoms with E-state index in [0.717, 1.165) is 22.9 Å². The molecule has 88 valence electrons. The summed E-state index contributed by atoms with van der Waals surface area (Å²) >= 11 is 5.31. The zero-order chi connectivity index (χ0) is 12.0. The van der Waals surface area contributed by atoms with Crippen molar-refractivity contribution >= 4 is 12.2 Å². The van der Waals surface area contributed by atoms with E-state index in [1.807, 2.05) is 24.5 Å². The van der Waals surface area contributed by atoms with Crippen LogP contribution in [0, 0.1) is 18.6 Å². The summed E-state index contributed by atoms with van der Waals surface area (Å²) in [5.41, 5.74) is 3.05. The van der Waals surface area contributed by atoms with Crippen LogP contribution in [0.5, 0.6) is 0 Å². The van der Waals surface area contributed by atoms with Gasteiger partial charge in [0.05, 0.1) is 11.4 Å². The van der Waals surface area contributed by atoms with E-state index >= 15 is 0 Å². The third-order valence-corrected chi connectivity index (χ3v) is 3.35. The second kappa shape index (κ2) is 3.77. The number of nitrogens with zero attached hydrogens (tertiary/aromatic N) is 3. The minimum absolute atomic E-state index is 0.559. The predicted molar refractivity (Wildman–Crippen MR) is 68.0 cm³/mol. The molecule has 1 aliphatic rings. The summed E-state index contributed by atoms with van der Waals surface area (Å²) in [7, 11) is 0. The molecule has 1 aliphatic carbocycles. The van der Waals surface area contributed by atoms with Gasteiger partial charge < -0.3 is 0 Å². The summed E-state index contributed by atoms with van der Waals surface area (Å²) in [5.74, 6) is 1.60. The molecule has 0 bridgehead atoms. The summed E-state index contributed by atoms with van der Waals surface area (Å²) in [6.07, 6.45) is 2.41. The minimum Gasteiger partial charge on any atom is -0.270 e. The van der Waals surface area contributed by atoms with Crippen LogP contribution in [0.15, 0.2) is 12.1 Å². The molecule has 1 fully saturated rings. The molecule has 2 aromatic rings. The number of pyridine rings is 1. The number of aromatic nitrogens is 4. The molecule has 0 saturated heterocycles. The molecule has 0 aliphatic heterocycles. The maximum atomic E-state index is 5.31. The van der Waals surface area contributed by atoms with Crippen LogP contribution in [0.3, 0.4) is 0 Å². The van der Waals surface area contributed by atoms with Crippen LogP contribution >= 0.6 is 12.2 Å². The van der Waals surface area contributed by atoms with Crippen molar-refractivity contribution in [3.8, 4) is 5.69 Å². The van der Waals surface area contributed by atoms with Crippen LogP contribution in [0.2, 0.25) is 0 Å². The number of hydrogen-bond acceptors (Lipinski definition) is 3. The summed E-state index contributed by atoms with van der Waals surface area (Å²) in [5, 5.41) is 7.22. The molecule has 1 saturated carbocycles. The van der Waals surface area contributed by atoms with E-state index in [1.54, 1.807) is 0 Å². The van der Waals surface area contributed by atoms with Crippen molar-refractivity contribution in [2.24, 2.45) is 0 Å². The lowest BCUT2D eigenvalue weighted by atomic mass is 10.2. The Kier molecular flexibility index (Phi) is 2.36. The Hall–Kier alpha value is -1.49. The molecule has 0 amide bonds. The van der Waals surface area contributed by atoms with E-state index in [2.05, 4.69) is 21.2 Å². The summed E-state index contributed by atoms with van der Waals surface area (Å²) < 4.78 is 2.68. The molecular weight excluding hydrogens is 232 g/mol. The third kappa shape index (κ3) is 1.80. The Bertz CT molecular complexity index is 622. The normalized spacial score (nSPS) is 15.2. The lowest BCUT2D eigenvalue weighted by molar-refractivity contribution is 0.856. The molecular formula is C12H14N4S. The number of hydrogen-bond donors (Lipinski definition) is 1. The first-order valence-corrected chi connectivity index (χ1v) is 6.19. The molecule has 0 spiro atoms. The number of aryl methyl sites for hydroxylation is 2. The smallest absolute Gasteiger partial charge is 0.199 e. The van der Waals surface area contributed by atoms with Crippen LogP contribution in [0.1, 0.15) is 36.0 Å². The first-order chi connectivity index (χ1) is 8.16. The average Bonchev–Trinajstić information content (AvgIpc) is 3.04. The van der Waals surface area contributed by atoms with E-state index in [4.69, 9.17) is 12.2 Å². The van der Waals surface area contributed by atoms with E-state index in [-0.39, 0.29) is 0 Å². The van der Waals surface area contributed by atoms with Gasteiger partial charge in [-0.3, -0.25) is 14.6 Å². The van der Waals surface area contributed by atoms with Crippen molar-refractivity contribution in [3.63, 3.8) is 0 Å². The lowest BCUT2D eigenvalue weighted by Gasteiger charge is -2.09. The standard InChI is InChI=1S/C12H14N4S/c1-7-3-6-10(8(2)13-7)16-11(9-4-5-9)14-15-12(16)17/h3,6,9H,4-5H2,1-2H3,(H,15,17). The summed E-state index contributed by atoms with van der Waals surface area (Å²) in [6, 6.07) is 4.07. The Labute approximate surface area is 105 Å². The number of H-pyrrole nitrogens is 1. The topological polar surface area (TPSA) is 46.5 Å². The quantitative estimate of drug-likeness (QED) is 0.829. The molecule has 1 N–H and O–H groups in total. The maximum Gasteiger partial charge on any atom is 0.199 e. The van der Waals surface area contributed by atoms with Crippen molar-refractivity contribution in [3.05, 3.63) is 34.1 Å². The molecule has 2 heterocycles. The zero-order valence-electron chi connectivity index (χ0n) is 9.90. The maximum absolute atomic E-state index is 5.31. The van der Waals surface area contributed by atoms with Gasteiger partial charge in [-0.15, -0.1) is 0 Å². The van der Waals surface area contributed by atoms with Crippen LogP contribution in [-0.4, -0.2) is 19.7 Å². The number of aromatic amines is 1. The Morgan fingerprint density at radius 2 is 2.12 bits per heavy atom. The van der Waals surface area contributed by atoms with Crippen LogP contribution in [-0.2, 0) is 0 Å². The van der Waals surface area contributed by atoms with Crippen molar-refractivity contribution in [2.45, 2.75) is 32.6 Å². The van der Waals surface area contributed by atoms with Crippen LogP contribution in [0.25, 0.3) is 5.69 Å². The van der Waals surface area contributed by atoms with Gasteiger partial charge in [0.25, 0.3) is 0 Å². The van der Waals surface area contributed by atoms with E-state index in [0.29, 0.717) is 10.7 Å². The van der Waals surface area contributed by atoms with Gasteiger partial charge in [0, 0.05) is 11.6 Å². The highest BCUT2D eigenvalue weighted by Crippen LogP contribution is 2.39. The molecule has 0 radical (unpaired) electrons. The summed E-state index contributed by atoms with van der Waals surface area (Å²) in [6.45, 7) is 4.00. The minimum atomic E-state index is 0.559. The van der Waals surface area contributed by atoms with Gasteiger partial charge in [-0.1, -0.05) is 0 Å². The largest absolute Gasteiger partial charge is 0.270 e. The van der Waals surface area contributed by atoms with Gasteiger partial charge >= 0.3 is 0 Å².